The van der Waals surface area contributed by atoms with Crippen LogP contribution in [0, 0.1) is 0 Å². The Hall–Kier alpha value is -1.07. The van der Waals surface area contributed by atoms with Crippen molar-refractivity contribution in [3.05, 3.63) is 10.7 Å². The van der Waals surface area contributed by atoms with Crippen molar-refractivity contribution in [2.24, 2.45) is 0 Å². The van der Waals surface area contributed by atoms with Gasteiger partial charge >= 0.3 is 0 Å². The summed E-state index contributed by atoms with van der Waals surface area (Å²) in [5.41, 5.74) is 5.60. The van der Waals surface area contributed by atoms with Crippen molar-refractivity contribution in [2.45, 2.75) is 37.3 Å². The lowest BCUT2D eigenvalue weighted by atomic mass is 9.77. The fourth-order valence-corrected chi connectivity index (χ4v) is 3.08. The number of nitrogens with one attached hydrogen (secondary N) is 1. The number of hydrogen-bond donors (Lipinski definition) is 3. The minimum Gasteiger partial charge on any atom is -0.371 e. The van der Waals surface area contributed by atoms with E-state index in [0.717, 1.165) is 24.8 Å². The molecule has 5 nitrogen and oxygen atoms in total. The summed E-state index contributed by atoms with van der Waals surface area (Å²) in [5.74, 6) is 0.971. The normalized spacial score (nSPS) is 31.8. The fraction of sp³-hybridized carbons (Fsp3) is 0.600. The molecule has 2 aliphatic rings. The molecule has 6 heteroatoms. The number of aromatic nitrogens is 2. The van der Waals surface area contributed by atoms with E-state index >= 15 is 0 Å². The predicted octanol–water partition coefficient (Wildman–Crippen LogP) is 1.48. The van der Waals surface area contributed by atoms with Crippen LogP contribution in [0.5, 0.6) is 0 Å². The zero-order valence-electron chi connectivity index (χ0n) is 8.70. The van der Waals surface area contributed by atoms with E-state index in [0.29, 0.717) is 17.4 Å². The van der Waals surface area contributed by atoms with Crippen molar-refractivity contribution in [3.8, 4) is 0 Å². The molecule has 2 atom stereocenters. The lowest BCUT2D eigenvalue weighted by Gasteiger charge is -2.43. The van der Waals surface area contributed by atoms with Crippen LogP contribution in [0.25, 0.3) is 0 Å². The average molecular weight is 241 g/mol. The summed E-state index contributed by atoms with van der Waals surface area (Å²) in [6.07, 6.45) is 3.41. The number of hydrogen-bond acceptors (Lipinski definition) is 5. The maximum Gasteiger partial charge on any atom is 0.223 e. The summed E-state index contributed by atoms with van der Waals surface area (Å²) in [6.45, 7) is 0. The van der Waals surface area contributed by atoms with Gasteiger partial charge in [-0.25, -0.2) is 4.98 Å². The third-order valence-corrected chi connectivity index (χ3v) is 3.69. The first-order valence-corrected chi connectivity index (χ1v) is 5.79. The molecule has 16 heavy (non-hydrogen) atoms. The molecule has 1 aromatic heterocycles. The first-order chi connectivity index (χ1) is 7.57. The second kappa shape index (κ2) is 3.21. The van der Waals surface area contributed by atoms with E-state index in [4.69, 9.17) is 17.3 Å². The molecule has 2 heterocycles. The van der Waals surface area contributed by atoms with E-state index in [1.165, 1.54) is 0 Å². The summed E-state index contributed by atoms with van der Waals surface area (Å²) >= 11 is 6.09. The minimum atomic E-state index is -0.847. The van der Waals surface area contributed by atoms with Gasteiger partial charge in [0.15, 0.2) is 0 Å². The molecule has 0 aromatic carbocycles. The Balaban J connectivity index is 2.15. The first kappa shape index (κ1) is 10.1. The van der Waals surface area contributed by atoms with Gasteiger partial charge in [0.2, 0.25) is 5.95 Å². The summed E-state index contributed by atoms with van der Waals surface area (Å²) < 4.78 is 0. The number of aliphatic hydroxyl groups is 1. The number of anilines is 2. The molecule has 1 saturated carbocycles. The van der Waals surface area contributed by atoms with Gasteiger partial charge in [-0.1, -0.05) is 11.6 Å². The lowest BCUT2D eigenvalue weighted by Crippen LogP contribution is -2.46. The van der Waals surface area contributed by atoms with Gasteiger partial charge in [-0.3, -0.25) is 0 Å². The molecule has 1 fully saturated rings. The lowest BCUT2D eigenvalue weighted by molar-refractivity contribution is 0.0176. The highest BCUT2D eigenvalue weighted by atomic mass is 35.5. The Morgan fingerprint density at radius 1 is 1.50 bits per heavy atom. The third kappa shape index (κ3) is 1.43. The monoisotopic (exact) mass is 240 g/mol. The standard InChI is InChI=1S/C10H13ClN4O/c11-7-6-5-2-1-3-10(16,4-5)15-8(6)14-9(12)13-7/h5,16H,1-4H2,(H3,12,13,14,15)/t5-,10-/m1/s1. The van der Waals surface area contributed by atoms with Gasteiger partial charge in [0, 0.05) is 12.0 Å². The molecule has 0 unspecified atom stereocenters. The van der Waals surface area contributed by atoms with E-state index < -0.39 is 5.72 Å². The van der Waals surface area contributed by atoms with Crippen molar-refractivity contribution < 1.29 is 5.11 Å². The number of nitrogens with two attached hydrogens (primary N) is 1. The van der Waals surface area contributed by atoms with Crippen LogP contribution in [0.3, 0.4) is 0 Å². The number of nitrogens with zero attached hydrogens (tertiary/aromatic N) is 2. The highest BCUT2D eigenvalue weighted by molar-refractivity contribution is 6.30. The van der Waals surface area contributed by atoms with Crippen LogP contribution >= 0.6 is 11.6 Å². The van der Waals surface area contributed by atoms with Crippen molar-refractivity contribution >= 4 is 23.4 Å². The van der Waals surface area contributed by atoms with Gasteiger partial charge in [-0.15, -0.1) is 0 Å². The molecule has 86 valence electrons. The topological polar surface area (TPSA) is 84.1 Å². The predicted molar refractivity (Wildman–Crippen MR) is 61.2 cm³/mol. The largest absolute Gasteiger partial charge is 0.371 e. The van der Waals surface area contributed by atoms with Crippen LogP contribution in [0.2, 0.25) is 5.15 Å². The SMILES string of the molecule is Nc1nc(Cl)c2c(n1)N[C@@]1(O)CCC[C@@H]2C1. The van der Waals surface area contributed by atoms with Crippen molar-refractivity contribution in [3.63, 3.8) is 0 Å². The fourth-order valence-electron chi connectivity index (χ4n) is 2.75. The van der Waals surface area contributed by atoms with Gasteiger partial charge in [-0.05, 0) is 25.2 Å². The third-order valence-electron chi connectivity index (χ3n) is 3.40. The molecule has 0 amide bonds. The molecule has 4 N–H and O–H groups in total. The summed E-state index contributed by atoms with van der Waals surface area (Å²) in [5, 5.41) is 13.7. The second-order valence-corrected chi connectivity index (χ2v) is 4.94. The van der Waals surface area contributed by atoms with Gasteiger partial charge in [0.1, 0.15) is 16.7 Å². The van der Waals surface area contributed by atoms with E-state index in [1.807, 2.05) is 0 Å². The Bertz CT molecular complexity index is 453. The second-order valence-electron chi connectivity index (χ2n) is 4.58. The Morgan fingerprint density at radius 3 is 3.12 bits per heavy atom. The van der Waals surface area contributed by atoms with E-state index in [-0.39, 0.29) is 11.9 Å². The maximum absolute atomic E-state index is 10.3. The average Bonchev–Trinajstić information content (AvgIpc) is 2.14. The van der Waals surface area contributed by atoms with Crippen molar-refractivity contribution in [1.82, 2.24) is 9.97 Å². The number of halogens is 1. The highest BCUT2D eigenvalue weighted by Gasteiger charge is 2.42. The quantitative estimate of drug-likeness (QED) is 0.599. The maximum atomic E-state index is 10.3. The van der Waals surface area contributed by atoms with Crippen LogP contribution in [-0.4, -0.2) is 20.8 Å². The number of fused-ring (bicyclic) bond motifs is 4. The van der Waals surface area contributed by atoms with Crippen LogP contribution in [-0.2, 0) is 0 Å². The van der Waals surface area contributed by atoms with Crippen molar-refractivity contribution in [2.75, 3.05) is 11.1 Å². The molecule has 1 aliphatic heterocycles. The molecule has 0 saturated heterocycles. The molecule has 3 rings (SSSR count). The van der Waals surface area contributed by atoms with Crippen LogP contribution in [0.15, 0.2) is 0 Å². The number of nitrogen functional groups attached to an aromatic ring is 1. The summed E-state index contributed by atoms with van der Waals surface area (Å²) in [7, 11) is 0. The van der Waals surface area contributed by atoms with Crippen molar-refractivity contribution in [1.29, 1.82) is 0 Å². The molecular weight excluding hydrogens is 228 g/mol. The summed E-state index contributed by atoms with van der Waals surface area (Å²) in [4.78, 5) is 8.08. The van der Waals surface area contributed by atoms with E-state index in [2.05, 4.69) is 15.3 Å². The first-order valence-electron chi connectivity index (χ1n) is 5.41. The zero-order chi connectivity index (χ0) is 11.3. The highest BCUT2D eigenvalue weighted by Crippen LogP contribution is 2.47. The molecule has 1 aliphatic carbocycles. The molecular formula is C10H13ClN4O. The molecule has 0 spiro atoms. The number of rotatable bonds is 0. The molecule has 2 bridgehead atoms. The Morgan fingerprint density at radius 2 is 2.31 bits per heavy atom. The van der Waals surface area contributed by atoms with Gasteiger partial charge in [0.05, 0.1) is 0 Å². The molecule has 0 radical (unpaired) electrons. The summed E-state index contributed by atoms with van der Waals surface area (Å²) in [6, 6.07) is 0. The van der Waals surface area contributed by atoms with Crippen LogP contribution in [0.4, 0.5) is 11.8 Å². The van der Waals surface area contributed by atoms with Crippen LogP contribution < -0.4 is 11.1 Å². The van der Waals surface area contributed by atoms with E-state index in [9.17, 15) is 5.11 Å². The van der Waals surface area contributed by atoms with Gasteiger partial charge in [-0.2, -0.15) is 4.98 Å². The van der Waals surface area contributed by atoms with Gasteiger partial charge in [0.25, 0.3) is 0 Å². The van der Waals surface area contributed by atoms with Gasteiger partial charge < -0.3 is 16.2 Å². The zero-order valence-corrected chi connectivity index (χ0v) is 9.46. The smallest absolute Gasteiger partial charge is 0.223 e. The van der Waals surface area contributed by atoms with E-state index in [1.54, 1.807) is 0 Å². The Kier molecular flexibility index (Phi) is 2.03. The van der Waals surface area contributed by atoms with Crippen LogP contribution in [0.1, 0.15) is 37.2 Å². The Labute approximate surface area is 98.0 Å². The molecule has 1 aromatic rings. The minimum absolute atomic E-state index is 0.139.